The molecule has 1 aliphatic rings. The third-order valence-corrected chi connectivity index (χ3v) is 23.8. The lowest BCUT2D eigenvalue weighted by atomic mass is 10.0. The highest BCUT2D eigenvalue weighted by atomic mass is 35.6. The number of hydrogen-bond donors (Lipinski definition) is 1. The van der Waals surface area contributed by atoms with Crippen molar-refractivity contribution in [3.63, 3.8) is 0 Å². The monoisotopic (exact) mass is 2830 g/mol. The molecule has 8 heterocycles. The van der Waals surface area contributed by atoms with E-state index in [1.807, 2.05) is 91.9 Å². The second-order valence-corrected chi connectivity index (χ2v) is 58.1. The highest BCUT2D eigenvalue weighted by Gasteiger charge is 2.43. The Morgan fingerprint density at radius 1 is 0.327 bits per heavy atom. The van der Waals surface area contributed by atoms with E-state index in [0.29, 0.717) is 56.8 Å². The number of aromatic nitrogens is 19. The van der Waals surface area contributed by atoms with Crippen LogP contribution in [-0.2, 0) is 58.8 Å². The standard InChI is InChI=1S/C16H9Cl6N3O.C15H12Cl6N4O2.C12H5Cl6N3O2.C12H9Cl3N2O.C11H5Cl6N3.C11H6Cl4N2O.C6Cl9N3/c1-26-11-7-6-10(8-4-2-3-5-9(8)11)12-23-13(15(17,18)19)25-14(24-12)16(20,21)22;1-2-27-10(26)7-22-9-5-3-8(4-6-9)11-23-12(14(16,17)18)25-13(24-11)15(19,20)21;13-11(14,15)9-19-8(20-10(21-9)12(16,17)18)5-1-2-6-7(3-5)23-4-22-6;1-8-2-4-9(5-3-8)6-7-10-16-17-11(18-10)12(13,14)15;12-10(13,14)8-18-7(6-4-2-1-3-5-6)19-9(20-8)11(15,16)17;12-8-4-1-7(2-5-8)3-6-9-16-17-10(18-9)11(13,14)15;7-4(8,9)1-16-2(5(10,11)12)18-3(17-1)6(13,14)15/h2-7H,1H3;3-6,22H,2,7H2,1H3;1-3H,4H2;2-7H,1H3;1-5H;1-6H;. The fourth-order valence-corrected chi connectivity index (χ4v) is 14.0. The maximum absolute atomic E-state index is 11.4. The molecule has 27 nitrogen and oxygen atoms in total. The molecule has 7 aromatic heterocycles. The summed E-state index contributed by atoms with van der Waals surface area (Å²) in [4.78, 5) is 71.4. The van der Waals surface area contributed by atoms with Crippen molar-refractivity contribution in [3.8, 4) is 62.8 Å². The minimum Gasteiger partial charge on any atom is -0.496 e. The number of benzene rings is 7. The third kappa shape index (κ3) is 41.7. The molecular formula is C83H46Cl40N20O7. The van der Waals surface area contributed by atoms with Crippen molar-refractivity contribution < 1.29 is 32.6 Å². The van der Waals surface area contributed by atoms with Gasteiger partial charge in [-0.3, -0.25) is 4.79 Å². The lowest BCUT2D eigenvalue weighted by Crippen LogP contribution is -2.21. The average molecular weight is 2850 g/mol. The number of fused-ring (bicyclic) bond motifs is 2. The van der Waals surface area contributed by atoms with Crippen molar-refractivity contribution >= 4 is 511 Å². The minimum absolute atomic E-state index is 0.0355. The van der Waals surface area contributed by atoms with Gasteiger partial charge >= 0.3 is 5.97 Å². The number of alkyl halides is 39. The van der Waals surface area contributed by atoms with E-state index in [1.165, 1.54) is 5.56 Å². The van der Waals surface area contributed by atoms with Gasteiger partial charge in [-0.15, -0.1) is 20.4 Å². The molecule has 67 heteroatoms. The Morgan fingerprint density at radius 2 is 0.640 bits per heavy atom. The van der Waals surface area contributed by atoms with E-state index in [-0.39, 0.29) is 130 Å². The number of rotatable bonds is 13. The largest absolute Gasteiger partial charge is 0.496 e. The first-order valence-electron chi connectivity index (χ1n) is 39.3. The van der Waals surface area contributed by atoms with Crippen LogP contribution in [0.15, 0.2) is 167 Å². The maximum atomic E-state index is 11.4. The molecule has 1 aliphatic heterocycles. The maximum Gasteiger partial charge on any atom is 0.325 e. The summed E-state index contributed by atoms with van der Waals surface area (Å²) in [6.45, 7) is 4.25. The highest BCUT2D eigenvalue weighted by molar-refractivity contribution is 6.73. The van der Waals surface area contributed by atoms with Crippen LogP contribution < -0.4 is 19.5 Å². The van der Waals surface area contributed by atoms with Crippen molar-refractivity contribution in [1.82, 2.24) is 95.2 Å². The van der Waals surface area contributed by atoms with E-state index in [0.717, 1.165) is 21.9 Å². The van der Waals surface area contributed by atoms with Crippen LogP contribution in [0.4, 0.5) is 5.69 Å². The summed E-state index contributed by atoms with van der Waals surface area (Å²) in [5.41, 5.74) is 6.29. The van der Waals surface area contributed by atoms with Gasteiger partial charge in [0.05, 0.1) is 13.7 Å². The van der Waals surface area contributed by atoms with E-state index in [9.17, 15) is 4.79 Å². The lowest BCUT2D eigenvalue weighted by molar-refractivity contribution is -0.140. The van der Waals surface area contributed by atoms with Crippen molar-refractivity contribution in [2.24, 2.45) is 0 Å². The summed E-state index contributed by atoms with van der Waals surface area (Å²) < 4.78 is 6.59. The second kappa shape index (κ2) is 55.7. The molecular weight excluding hydrogens is 2810 g/mol. The summed E-state index contributed by atoms with van der Waals surface area (Å²) >= 11 is 231. The molecule has 0 aliphatic carbocycles. The quantitative estimate of drug-likeness (QED) is 0.0827. The number of esters is 1. The van der Waals surface area contributed by atoms with Crippen molar-refractivity contribution in [2.45, 2.75) is 63.2 Å². The van der Waals surface area contributed by atoms with E-state index in [1.54, 1.807) is 111 Å². The first-order valence-corrected chi connectivity index (χ1v) is 54.4. The molecule has 14 aromatic rings. The number of carbonyl (C=O) groups excluding carboxylic acids is 1. The minimum atomic E-state index is -1.99. The lowest BCUT2D eigenvalue weighted by Gasteiger charge is -2.17. The molecule has 0 spiro atoms. The zero-order chi connectivity index (χ0) is 112. The van der Waals surface area contributed by atoms with Gasteiger partial charge in [0.2, 0.25) is 60.3 Å². The van der Waals surface area contributed by atoms with Crippen LogP contribution in [0.2, 0.25) is 5.02 Å². The van der Waals surface area contributed by atoms with Crippen molar-refractivity contribution in [3.05, 3.63) is 267 Å². The first kappa shape index (κ1) is 131. The molecule has 800 valence electrons. The molecule has 15 rings (SSSR count). The topological polar surface area (TPSA) is 337 Å². The van der Waals surface area contributed by atoms with E-state index in [2.05, 4.69) is 100 Å². The molecule has 1 N–H and O–H groups in total. The van der Waals surface area contributed by atoms with Crippen molar-refractivity contribution in [1.29, 1.82) is 0 Å². The number of methoxy groups -OCH3 is 1. The Kier molecular flexibility index (Phi) is 48.8. The molecule has 0 unspecified atom stereocenters. The van der Waals surface area contributed by atoms with E-state index < -0.39 is 49.3 Å². The van der Waals surface area contributed by atoms with E-state index in [4.69, 9.17) is 492 Å². The van der Waals surface area contributed by atoms with Gasteiger partial charge in [-0.2, -0.15) is 0 Å². The Labute approximate surface area is 1050 Å². The molecule has 0 amide bonds. The zero-order valence-electron chi connectivity index (χ0n) is 72.9. The number of nitrogens with one attached hydrogen (secondary N) is 1. The van der Waals surface area contributed by atoms with Gasteiger partial charge < -0.3 is 33.1 Å². The van der Waals surface area contributed by atoms with Gasteiger partial charge in [-0.25, -0.2) is 74.8 Å². The Morgan fingerprint density at radius 3 is 0.980 bits per heavy atom. The molecule has 150 heavy (non-hydrogen) atoms. The number of hydrogen-bond acceptors (Lipinski definition) is 27. The number of nitrogens with zero attached hydrogens (tertiary/aromatic N) is 19. The Bertz CT molecular complexity index is 6700. The Balaban J connectivity index is 0.000000195. The summed E-state index contributed by atoms with van der Waals surface area (Å²) in [5, 5.41) is 20.0. The molecule has 7 aromatic carbocycles. The Hall–Kier alpha value is -2.12. The van der Waals surface area contributed by atoms with Crippen LogP contribution in [0.25, 0.3) is 80.6 Å². The predicted octanol–water partition coefficient (Wildman–Crippen LogP) is 36.1. The van der Waals surface area contributed by atoms with Gasteiger partial charge in [0.25, 0.3) is 19.4 Å². The predicted molar refractivity (Wildman–Crippen MR) is 615 cm³/mol. The van der Waals surface area contributed by atoms with Crippen molar-refractivity contribution in [2.75, 3.05) is 32.4 Å². The van der Waals surface area contributed by atoms with Gasteiger partial charge in [0, 0.05) is 50.5 Å². The number of halogens is 40. The highest BCUT2D eigenvalue weighted by Crippen LogP contribution is 2.50. The summed E-state index contributed by atoms with van der Waals surface area (Å²) in [6, 6.07) is 47.3. The third-order valence-electron chi connectivity index (χ3n) is 17.0. The van der Waals surface area contributed by atoms with Gasteiger partial charge in [-0.1, -0.05) is 561 Å². The smallest absolute Gasteiger partial charge is 0.325 e. The summed E-state index contributed by atoms with van der Waals surface area (Å²) in [5.74, 6) is 0.515. The number of aryl methyl sites for hydroxylation is 1. The second-order valence-electron chi connectivity index (χ2n) is 28.1. The number of anilines is 1. The van der Waals surface area contributed by atoms with Crippen LogP contribution in [0.3, 0.4) is 0 Å². The first-order chi connectivity index (χ1) is 69.1. The van der Waals surface area contributed by atoms with Gasteiger partial charge in [0.1, 0.15) is 12.3 Å². The molecule has 0 bridgehead atoms. The van der Waals surface area contributed by atoms with E-state index >= 15 is 0 Å². The average Bonchev–Trinajstić information content (AvgIpc) is 0.882. The number of ether oxygens (including phenoxy) is 4. The summed E-state index contributed by atoms with van der Waals surface area (Å²) in [7, 11) is 1.59. The molecule has 0 saturated carbocycles. The molecule has 0 fully saturated rings. The zero-order valence-corrected chi connectivity index (χ0v) is 103. The van der Waals surface area contributed by atoms with Crippen LogP contribution in [-0.4, -0.2) is 128 Å². The number of carbonyl (C=O) groups is 1. The van der Waals surface area contributed by atoms with Crippen LogP contribution >= 0.6 is 464 Å². The van der Waals surface area contributed by atoms with Crippen LogP contribution in [0.5, 0.6) is 17.2 Å². The molecule has 0 atom stereocenters. The van der Waals surface area contributed by atoms with Crippen LogP contribution in [0.1, 0.15) is 111 Å². The normalized spacial score (nSPS) is 12.7. The summed E-state index contributed by atoms with van der Waals surface area (Å²) in [6.07, 6.45) is 6.91. The van der Waals surface area contributed by atoms with Crippen LogP contribution in [0, 0.1) is 6.92 Å². The molecule has 0 radical (unpaired) electrons. The van der Waals surface area contributed by atoms with Gasteiger partial charge in [-0.05, 0) is 109 Å². The fourth-order valence-electron chi connectivity index (χ4n) is 10.6. The molecule has 0 saturated heterocycles. The SMILES string of the molecule is CCOC(=O)CNc1ccc(-c2nc(C(Cl)(Cl)Cl)nc(C(Cl)(Cl)Cl)n2)cc1.COc1ccc(-c2nc(C(Cl)(Cl)Cl)nc(C(Cl)(Cl)Cl)n2)c2ccccc12.Cc1ccc(C=Cc2nnc(C(Cl)(Cl)Cl)o2)cc1.ClC(Cl)(Cl)c1nc(-c2ccc3c(c2)OCO3)nc(C(Cl)(Cl)Cl)n1.ClC(Cl)(Cl)c1nc(-c2ccccc2)nc(C(Cl)(Cl)Cl)n1.ClC(Cl)(Cl)c1nc(C(Cl)(Cl)Cl)nc(C(Cl)(Cl)Cl)n1.Clc1ccc(C=Cc2nnc(C(Cl)(Cl)Cl)o2)cc1. The van der Waals surface area contributed by atoms with Gasteiger partial charge in [0.15, 0.2) is 98.9 Å². The fraction of sp³-hybridized carbons (Fsp3) is 0.229.